The van der Waals surface area contributed by atoms with Gasteiger partial charge in [0, 0.05) is 19.2 Å². The fourth-order valence-electron chi connectivity index (χ4n) is 2.25. The molecule has 0 atom stereocenters. The lowest BCUT2D eigenvalue weighted by Gasteiger charge is -2.18. The van der Waals surface area contributed by atoms with Gasteiger partial charge in [-0.1, -0.05) is 42.0 Å². The first-order chi connectivity index (χ1) is 9.97. The lowest BCUT2D eigenvalue weighted by Crippen LogP contribution is -2.18. The minimum atomic E-state index is -0.446. The van der Waals surface area contributed by atoms with Crippen LogP contribution in [0.2, 0.25) is 0 Å². The van der Waals surface area contributed by atoms with Crippen molar-refractivity contribution < 1.29 is 4.92 Å². The van der Waals surface area contributed by atoms with E-state index in [4.69, 9.17) is 5.73 Å². The average Bonchev–Trinajstić information content (AvgIpc) is 2.43. The predicted octanol–water partition coefficient (Wildman–Crippen LogP) is 3.12. The summed E-state index contributed by atoms with van der Waals surface area (Å²) >= 11 is 0. The van der Waals surface area contributed by atoms with Gasteiger partial charge in [-0.3, -0.25) is 15.0 Å². The molecule has 5 heteroatoms. The van der Waals surface area contributed by atoms with Crippen LogP contribution < -0.4 is 5.73 Å². The van der Waals surface area contributed by atoms with Crippen LogP contribution in [-0.4, -0.2) is 16.9 Å². The van der Waals surface area contributed by atoms with Gasteiger partial charge in [0.2, 0.25) is 0 Å². The fourth-order valence-corrected chi connectivity index (χ4v) is 2.25. The highest BCUT2D eigenvalue weighted by Crippen LogP contribution is 2.25. The maximum Gasteiger partial charge on any atom is 0.292 e. The summed E-state index contributed by atoms with van der Waals surface area (Å²) in [5.41, 5.74) is 9.30. The third-order valence-electron chi connectivity index (χ3n) is 3.38. The molecule has 2 aromatic rings. The molecule has 0 aliphatic rings. The van der Waals surface area contributed by atoms with E-state index in [-0.39, 0.29) is 11.4 Å². The van der Waals surface area contributed by atoms with Crippen molar-refractivity contribution in [1.29, 1.82) is 0 Å². The molecule has 0 bridgehead atoms. The number of rotatable bonds is 5. The van der Waals surface area contributed by atoms with Crippen molar-refractivity contribution in [2.45, 2.75) is 20.0 Å². The van der Waals surface area contributed by atoms with E-state index in [1.54, 1.807) is 6.07 Å². The zero-order chi connectivity index (χ0) is 15.4. The van der Waals surface area contributed by atoms with Crippen molar-refractivity contribution in [2.24, 2.45) is 0 Å². The Morgan fingerprint density at radius 1 is 1.14 bits per heavy atom. The Balaban J connectivity index is 2.09. The van der Waals surface area contributed by atoms with Crippen LogP contribution in [0.5, 0.6) is 0 Å². The van der Waals surface area contributed by atoms with Crippen molar-refractivity contribution in [3.8, 4) is 0 Å². The maximum atomic E-state index is 10.9. The minimum absolute atomic E-state index is 0.0313. The van der Waals surface area contributed by atoms with E-state index in [0.717, 1.165) is 12.1 Å². The smallest absolute Gasteiger partial charge is 0.292 e. The number of nitro groups is 1. The summed E-state index contributed by atoms with van der Waals surface area (Å²) < 4.78 is 0. The largest absolute Gasteiger partial charge is 0.393 e. The number of hydrogen-bond acceptors (Lipinski definition) is 4. The van der Waals surface area contributed by atoms with Crippen LogP contribution in [0, 0.1) is 17.0 Å². The minimum Gasteiger partial charge on any atom is -0.393 e. The molecule has 5 nitrogen and oxygen atoms in total. The van der Waals surface area contributed by atoms with E-state index in [2.05, 4.69) is 36.1 Å². The molecule has 110 valence electrons. The van der Waals surface area contributed by atoms with Crippen LogP contribution in [0.1, 0.15) is 16.7 Å². The highest BCUT2D eigenvalue weighted by atomic mass is 16.6. The van der Waals surface area contributed by atoms with Gasteiger partial charge in [-0.15, -0.1) is 0 Å². The first-order valence-corrected chi connectivity index (χ1v) is 6.73. The molecule has 0 fully saturated rings. The van der Waals surface area contributed by atoms with Gasteiger partial charge >= 0.3 is 0 Å². The van der Waals surface area contributed by atoms with Gasteiger partial charge in [-0.25, -0.2) is 0 Å². The van der Waals surface area contributed by atoms with Crippen molar-refractivity contribution in [1.82, 2.24) is 4.90 Å². The second kappa shape index (κ2) is 6.37. The van der Waals surface area contributed by atoms with Crippen LogP contribution in [0.4, 0.5) is 11.4 Å². The summed E-state index contributed by atoms with van der Waals surface area (Å²) in [5, 5.41) is 10.9. The standard InChI is InChI=1S/C16H19N3O2/c1-12-6-8-13(9-7-12)10-18(2)11-14-4-3-5-15(16(14)17)19(20)21/h3-9H,10-11,17H2,1-2H3. The van der Waals surface area contributed by atoms with Crippen molar-refractivity contribution in [2.75, 3.05) is 12.8 Å². The molecule has 0 saturated heterocycles. The molecular formula is C16H19N3O2. The Morgan fingerprint density at radius 2 is 1.81 bits per heavy atom. The highest BCUT2D eigenvalue weighted by Gasteiger charge is 2.15. The van der Waals surface area contributed by atoms with Crippen LogP contribution in [-0.2, 0) is 13.1 Å². The van der Waals surface area contributed by atoms with Gasteiger partial charge in [0.1, 0.15) is 5.69 Å². The van der Waals surface area contributed by atoms with Crippen LogP contribution in [0.25, 0.3) is 0 Å². The molecule has 0 aromatic heterocycles. The number of nitrogens with two attached hydrogens (primary N) is 1. The summed E-state index contributed by atoms with van der Waals surface area (Å²) in [7, 11) is 1.97. The van der Waals surface area contributed by atoms with Gasteiger partial charge < -0.3 is 5.73 Å². The summed E-state index contributed by atoms with van der Waals surface area (Å²) in [4.78, 5) is 12.5. The quantitative estimate of drug-likeness (QED) is 0.520. The van der Waals surface area contributed by atoms with Crippen molar-refractivity contribution >= 4 is 11.4 Å². The normalized spacial score (nSPS) is 10.8. The summed E-state index contributed by atoms with van der Waals surface area (Å²) in [6, 6.07) is 13.2. The van der Waals surface area contributed by atoms with Gasteiger partial charge in [-0.05, 0) is 25.1 Å². The number of hydrogen-bond donors (Lipinski definition) is 1. The van der Waals surface area contributed by atoms with E-state index < -0.39 is 4.92 Å². The predicted molar refractivity (Wildman–Crippen MR) is 83.9 cm³/mol. The molecular weight excluding hydrogens is 266 g/mol. The third kappa shape index (κ3) is 3.79. The number of nitro benzene ring substituents is 1. The van der Waals surface area contributed by atoms with Gasteiger partial charge in [0.25, 0.3) is 5.69 Å². The summed E-state index contributed by atoms with van der Waals surface area (Å²) in [5.74, 6) is 0. The fraction of sp³-hybridized carbons (Fsp3) is 0.250. The lowest BCUT2D eigenvalue weighted by molar-refractivity contribution is -0.384. The first kappa shape index (κ1) is 15.0. The van der Waals surface area contributed by atoms with E-state index in [1.165, 1.54) is 17.2 Å². The highest BCUT2D eigenvalue weighted by molar-refractivity contribution is 5.62. The number of nitrogens with zero attached hydrogens (tertiary/aromatic N) is 2. The summed E-state index contributed by atoms with van der Waals surface area (Å²) in [6.07, 6.45) is 0. The maximum absolute atomic E-state index is 10.9. The Bertz CT molecular complexity index is 638. The molecule has 0 heterocycles. The number of nitrogen functional groups attached to an aromatic ring is 1. The van der Waals surface area contributed by atoms with E-state index in [1.807, 2.05) is 13.1 Å². The monoisotopic (exact) mass is 285 g/mol. The molecule has 0 saturated carbocycles. The van der Waals surface area contributed by atoms with E-state index in [9.17, 15) is 10.1 Å². The molecule has 0 aliphatic heterocycles. The van der Waals surface area contributed by atoms with Crippen molar-refractivity contribution in [3.05, 3.63) is 69.3 Å². The number of aryl methyl sites for hydroxylation is 1. The van der Waals surface area contributed by atoms with Crippen LogP contribution in [0.15, 0.2) is 42.5 Å². The van der Waals surface area contributed by atoms with E-state index in [0.29, 0.717) is 6.54 Å². The first-order valence-electron chi connectivity index (χ1n) is 6.73. The number of anilines is 1. The molecule has 0 unspecified atom stereocenters. The zero-order valence-corrected chi connectivity index (χ0v) is 12.2. The number of benzene rings is 2. The van der Waals surface area contributed by atoms with Gasteiger partial charge in [-0.2, -0.15) is 0 Å². The van der Waals surface area contributed by atoms with Crippen LogP contribution >= 0.6 is 0 Å². The topological polar surface area (TPSA) is 72.4 Å². The molecule has 2 N–H and O–H groups in total. The average molecular weight is 285 g/mol. The number of para-hydroxylation sites is 1. The lowest BCUT2D eigenvalue weighted by atomic mass is 10.1. The molecule has 0 spiro atoms. The molecule has 21 heavy (non-hydrogen) atoms. The Kier molecular flexibility index (Phi) is 4.55. The molecule has 2 rings (SSSR count). The Labute approximate surface area is 124 Å². The third-order valence-corrected chi connectivity index (χ3v) is 3.38. The summed E-state index contributed by atoms with van der Waals surface area (Å²) in [6.45, 7) is 3.39. The molecule has 0 aliphatic carbocycles. The second-order valence-electron chi connectivity index (χ2n) is 5.26. The van der Waals surface area contributed by atoms with Crippen LogP contribution in [0.3, 0.4) is 0 Å². The van der Waals surface area contributed by atoms with Gasteiger partial charge in [0.05, 0.1) is 4.92 Å². The molecule has 2 aromatic carbocycles. The van der Waals surface area contributed by atoms with Gasteiger partial charge in [0.15, 0.2) is 0 Å². The Hall–Kier alpha value is -2.40. The Morgan fingerprint density at radius 3 is 2.43 bits per heavy atom. The molecule has 0 radical (unpaired) electrons. The molecule has 0 amide bonds. The zero-order valence-electron chi connectivity index (χ0n) is 12.2. The van der Waals surface area contributed by atoms with Crippen molar-refractivity contribution in [3.63, 3.8) is 0 Å². The second-order valence-corrected chi connectivity index (χ2v) is 5.26. The SMILES string of the molecule is Cc1ccc(CN(C)Cc2cccc([N+](=O)[O-])c2N)cc1. The van der Waals surface area contributed by atoms with E-state index >= 15 is 0 Å².